The largest absolute Gasteiger partial charge is 0.314 e. The molecule has 0 spiro atoms. The molecule has 2 rings (SSSR count). The molecule has 0 atom stereocenters. The number of aromatic nitrogens is 6. The van der Waals surface area contributed by atoms with E-state index in [9.17, 15) is 0 Å². The van der Waals surface area contributed by atoms with Crippen LogP contribution in [0.3, 0.4) is 0 Å². The van der Waals surface area contributed by atoms with Crippen LogP contribution in [0.25, 0.3) is 0 Å². The smallest absolute Gasteiger partial charge is 0.154 e. The maximum absolute atomic E-state index is 4.13. The minimum atomic E-state index is 0.626. The van der Waals surface area contributed by atoms with Crippen LogP contribution in [-0.2, 0) is 13.1 Å². The minimum Gasteiger partial charge on any atom is -0.314 e. The maximum atomic E-state index is 4.13. The molecule has 0 aliphatic heterocycles. The standard InChI is InChI=1S/C9H14N6/c1-3-5-15-8(2)11-12-9(15)7-14-6-4-10-13-14/h4,6H,3,5,7H2,1-2H3. The second kappa shape index (κ2) is 4.20. The van der Waals surface area contributed by atoms with Gasteiger partial charge in [0.15, 0.2) is 5.82 Å². The highest BCUT2D eigenvalue weighted by atomic mass is 15.4. The van der Waals surface area contributed by atoms with Crippen molar-refractivity contribution in [3.05, 3.63) is 24.0 Å². The quantitative estimate of drug-likeness (QED) is 0.736. The third-order valence-electron chi connectivity index (χ3n) is 2.23. The molecule has 0 aliphatic carbocycles. The van der Waals surface area contributed by atoms with Crippen LogP contribution in [0.15, 0.2) is 12.4 Å². The second-order valence-corrected chi connectivity index (χ2v) is 3.42. The molecule has 0 saturated carbocycles. The molecule has 0 N–H and O–H groups in total. The highest BCUT2D eigenvalue weighted by Gasteiger charge is 2.08. The Morgan fingerprint density at radius 1 is 1.33 bits per heavy atom. The van der Waals surface area contributed by atoms with E-state index in [4.69, 9.17) is 0 Å². The van der Waals surface area contributed by atoms with E-state index in [0.29, 0.717) is 6.54 Å². The average molecular weight is 206 g/mol. The van der Waals surface area contributed by atoms with Gasteiger partial charge in [-0.05, 0) is 13.3 Å². The summed E-state index contributed by atoms with van der Waals surface area (Å²) >= 11 is 0. The topological polar surface area (TPSA) is 61.4 Å². The molecule has 2 aromatic heterocycles. The molecule has 0 unspecified atom stereocenters. The van der Waals surface area contributed by atoms with E-state index in [1.54, 1.807) is 10.9 Å². The van der Waals surface area contributed by atoms with Crippen molar-refractivity contribution in [1.29, 1.82) is 0 Å². The second-order valence-electron chi connectivity index (χ2n) is 3.42. The fraction of sp³-hybridized carbons (Fsp3) is 0.556. The van der Waals surface area contributed by atoms with Gasteiger partial charge in [0.25, 0.3) is 0 Å². The van der Waals surface area contributed by atoms with Crippen molar-refractivity contribution in [1.82, 2.24) is 29.8 Å². The van der Waals surface area contributed by atoms with Crippen LogP contribution >= 0.6 is 0 Å². The van der Waals surface area contributed by atoms with Crippen LogP contribution in [0.2, 0.25) is 0 Å². The van der Waals surface area contributed by atoms with Gasteiger partial charge in [-0.15, -0.1) is 15.3 Å². The summed E-state index contributed by atoms with van der Waals surface area (Å²) in [5.74, 6) is 1.88. The summed E-state index contributed by atoms with van der Waals surface area (Å²) in [6.45, 7) is 5.68. The normalized spacial score (nSPS) is 10.8. The molecule has 0 saturated heterocycles. The molecule has 0 fully saturated rings. The van der Waals surface area contributed by atoms with Crippen LogP contribution in [0.4, 0.5) is 0 Å². The number of hydrogen-bond acceptors (Lipinski definition) is 4. The molecular formula is C9H14N6. The van der Waals surface area contributed by atoms with E-state index in [1.807, 2.05) is 13.1 Å². The Hall–Kier alpha value is -1.72. The van der Waals surface area contributed by atoms with Gasteiger partial charge < -0.3 is 4.57 Å². The summed E-state index contributed by atoms with van der Waals surface area (Å²) < 4.78 is 3.86. The van der Waals surface area contributed by atoms with Gasteiger partial charge in [0.1, 0.15) is 12.4 Å². The van der Waals surface area contributed by atoms with E-state index in [1.165, 1.54) is 0 Å². The zero-order chi connectivity index (χ0) is 10.7. The van der Waals surface area contributed by atoms with Crippen LogP contribution in [0.5, 0.6) is 0 Å². The van der Waals surface area contributed by atoms with Crippen molar-refractivity contribution < 1.29 is 0 Å². The first kappa shape index (κ1) is 9.82. The van der Waals surface area contributed by atoms with E-state index in [-0.39, 0.29) is 0 Å². The van der Waals surface area contributed by atoms with Gasteiger partial charge in [0.05, 0.1) is 6.20 Å². The molecule has 0 amide bonds. The van der Waals surface area contributed by atoms with Crippen molar-refractivity contribution in [3.8, 4) is 0 Å². The lowest BCUT2D eigenvalue weighted by Gasteiger charge is -2.06. The molecule has 0 bridgehead atoms. The van der Waals surface area contributed by atoms with Crippen molar-refractivity contribution in [3.63, 3.8) is 0 Å². The van der Waals surface area contributed by atoms with Gasteiger partial charge in [0.2, 0.25) is 0 Å². The summed E-state index contributed by atoms with van der Waals surface area (Å²) in [4.78, 5) is 0. The molecule has 2 aromatic rings. The number of aryl methyl sites for hydroxylation is 1. The Morgan fingerprint density at radius 2 is 2.20 bits per heavy atom. The van der Waals surface area contributed by atoms with E-state index < -0.39 is 0 Å². The first-order valence-corrected chi connectivity index (χ1v) is 5.04. The third-order valence-corrected chi connectivity index (χ3v) is 2.23. The van der Waals surface area contributed by atoms with Crippen LogP contribution in [0, 0.1) is 6.92 Å². The molecule has 0 aliphatic rings. The van der Waals surface area contributed by atoms with Gasteiger partial charge in [0, 0.05) is 12.7 Å². The fourth-order valence-electron chi connectivity index (χ4n) is 1.52. The summed E-state index contributed by atoms with van der Waals surface area (Å²) in [6.07, 6.45) is 4.55. The lowest BCUT2D eigenvalue weighted by Crippen LogP contribution is -2.10. The lowest BCUT2D eigenvalue weighted by atomic mass is 10.4. The zero-order valence-electron chi connectivity index (χ0n) is 8.96. The van der Waals surface area contributed by atoms with E-state index in [0.717, 1.165) is 24.6 Å². The third kappa shape index (κ3) is 2.03. The maximum Gasteiger partial charge on any atom is 0.154 e. The van der Waals surface area contributed by atoms with Crippen LogP contribution < -0.4 is 0 Å². The summed E-state index contributed by atoms with van der Waals surface area (Å²) in [5.41, 5.74) is 0. The van der Waals surface area contributed by atoms with Gasteiger partial charge in [-0.1, -0.05) is 12.1 Å². The van der Waals surface area contributed by atoms with E-state index >= 15 is 0 Å². The van der Waals surface area contributed by atoms with Gasteiger partial charge >= 0.3 is 0 Å². The Balaban J connectivity index is 2.21. The Labute approximate surface area is 87.9 Å². The first-order valence-electron chi connectivity index (χ1n) is 5.04. The van der Waals surface area contributed by atoms with Crippen LogP contribution in [0.1, 0.15) is 25.0 Å². The fourth-order valence-corrected chi connectivity index (χ4v) is 1.52. The highest BCUT2D eigenvalue weighted by Crippen LogP contribution is 2.03. The summed E-state index contributed by atoms with van der Waals surface area (Å²) in [6, 6.07) is 0. The lowest BCUT2D eigenvalue weighted by molar-refractivity contribution is 0.564. The number of nitrogens with zero attached hydrogens (tertiary/aromatic N) is 6. The predicted molar refractivity (Wildman–Crippen MR) is 54.2 cm³/mol. The summed E-state index contributed by atoms with van der Waals surface area (Å²) in [5, 5.41) is 15.9. The predicted octanol–water partition coefficient (Wildman–Crippen LogP) is 0.636. The van der Waals surface area contributed by atoms with Crippen molar-refractivity contribution in [2.24, 2.45) is 0 Å². The Morgan fingerprint density at radius 3 is 2.87 bits per heavy atom. The Bertz CT molecular complexity index is 416. The highest BCUT2D eigenvalue weighted by molar-refractivity contribution is 4.94. The minimum absolute atomic E-state index is 0.626. The van der Waals surface area contributed by atoms with E-state index in [2.05, 4.69) is 32.0 Å². The molecule has 6 heteroatoms. The van der Waals surface area contributed by atoms with Crippen LogP contribution in [-0.4, -0.2) is 29.8 Å². The van der Waals surface area contributed by atoms with Gasteiger partial charge in [-0.3, -0.25) is 0 Å². The SMILES string of the molecule is CCCn1c(C)nnc1Cn1ccnn1. The Kier molecular flexibility index (Phi) is 2.75. The monoisotopic (exact) mass is 206 g/mol. The average Bonchev–Trinajstić information content (AvgIpc) is 2.83. The first-order chi connectivity index (χ1) is 7.31. The van der Waals surface area contributed by atoms with Gasteiger partial charge in [-0.25, -0.2) is 4.68 Å². The molecule has 6 nitrogen and oxygen atoms in total. The molecule has 0 aromatic carbocycles. The number of rotatable bonds is 4. The molecular weight excluding hydrogens is 192 g/mol. The zero-order valence-corrected chi connectivity index (χ0v) is 8.96. The van der Waals surface area contributed by atoms with Gasteiger partial charge in [-0.2, -0.15) is 0 Å². The van der Waals surface area contributed by atoms with Crippen molar-refractivity contribution in [2.75, 3.05) is 0 Å². The van der Waals surface area contributed by atoms with Crippen molar-refractivity contribution in [2.45, 2.75) is 33.4 Å². The summed E-state index contributed by atoms with van der Waals surface area (Å²) in [7, 11) is 0. The molecule has 15 heavy (non-hydrogen) atoms. The number of hydrogen-bond donors (Lipinski definition) is 0. The molecule has 2 heterocycles. The van der Waals surface area contributed by atoms with Crippen molar-refractivity contribution >= 4 is 0 Å². The molecule has 0 radical (unpaired) electrons. The molecule has 80 valence electrons.